The van der Waals surface area contributed by atoms with E-state index in [-0.39, 0.29) is 12.6 Å². The van der Waals surface area contributed by atoms with Crippen molar-refractivity contribution in [2.75, 3.05) is 18.9 Å². The van der Waals surface area contributed by atoms with E-state index < -0.39 is 18.5 Å². The number of nitrogens with two attached hydrogens (primary N) is 1. The molecule has 0 atom stereocenters. The Kier molecular flexibility index (Phi) is 4.76. The van der Waals surface area contributed by atoms with Gasteiger partial charge in [0.2, 0.25) is 0 Å². The first-order valence-electron chi connectivity index (χ1n) is 5.75. The van der Waals surface area contributed by atoms with Gasteiger partial charge < -0.3 is 19.8 Å². The van der Waals surface area contributed by atoms with Crippen molar-refractivity contribution in [2.45, 2.75) is 26.8 Å². The summed E-state index contributed by atoms with van der Waals surface area (Å²) >= 11 is 0. The smallest absolute Gasteiger partial charge is 0.355 e. The van der Waals surface area contributed by atoms with Crippen LogP contribution in [0.1, 0.15) is 37.3 Å². The Bertz CT molecular complexity index is 437. The molecule has 1 heterocycles. The van der Waals surface area contributed by atoms with Crippen molar-refractivity contribution in [3.8, 4) is 0 Å². The molecule has 1 rings (SSSR count). The van der Waals surface area contributed by atoms with Gasteiger partial charge >= 0.3 is 11.9 Å². The molecule has 1 aromatic rings. The third kappa shape index (κ3) is 3.51. The number of nitrogen functional groups attached to an aromatic ring is 1. The van der Waals surface area contributed by atoms with Gasteiger partial charge in [-0.3, -0.25) is 0 Å². The predicted octanol–water partition coefficient (Wildman–Crippen LogP) is 1.37. The molecule has 0 fully saturated rings. The monoisotopic (exact) mass is 254 g/mol. The lowest BCUT2D eigenvalue weighted by Crippen LogP contribution is -2.19. The van der Waals surface area contributed by atoms with Crippen LogP contribution in [0.15, 0.2) is 12.3 Å². The average molecular weight is 254 g/mol. The van der Waals surface area contributed by atoms with E-state index in [1.54, 1.807) is 17.7 Å². The summed E-state index contributed by atoms with van der Waals surface area (Å²) in [4.78, 5) is 22.9. The summed E-state index contributed by atoms with van der Waals surface area (Å²) in [5.74, 6) is -1.16. The Morgan fingerprint density at radius 1 is 1.39 bits per heavy atom. The van der Waals surface area contributed by atoms with Gasteiger partial charge in [-0.1, -0.05) is 0 Å². The lowest BCUT2D eigenvalue weighted by atomic mass is 10.3. The molecule has 0 radical (unpaired) electrons. The summed E-state index contributed by atoms with van der Waals surface area (Å²) in [6.45, 7) is 5.38. The van der Waals surface area contributed by atoms with Crippen LogP contribution in [0.3, 0.4) is 0 Å². The Hall–Kier alpha value is -1.98. The van der Waals surface area contributed by atoms with E-state index in [1.165, 1.54) is 6.07 Å². The molecule has 0 aliphatic carbocycles. The first-order chi connectivity index (χ1) is 8.45. The molecular formula is C12H18N2O4. The van der Waals surface area contributed by atoms with Crippen LogP contribution in [0.5, 0.6) is 0 Å². The molecule has 0 saturated heterocycles. The second-order valence-electron chi connectivity index (χ2n) is 4.04. The lowest BCUT2D eigenvalue weighted by molar-refractivity contribution is -0.146. The second-order valence-corrected chi connectivity index (χ2v) is 4.04. The highest BCUT2D eigenvalue weighted by Gasteiger charge is 2.17. The van der Waals surface area contributed by atoms with E-state index in [0.717, 1.165) is 0 Å². The molecule has 0 spiro atoms. The Labute approximate surface area is 106 Å². The van der Waals surface area contributed by atoms with E-state index in [0.29, 0.717) is 11.4 Å². The topological polar surface area (TPSA) is 83.6 Å². The van der Waals surface area contributed by atoms with E-state index in [1.807, 2.05) is 13.8 Å². The highest BCUT2D eigenvalue weighted by molar-refractivity contribution is 5.90. The Morgan fingerprint density at radius 2 is 2.06 bits per heavy atom. The SMILES string of the molecule is CCOC(=O)COC(=O)c1cc(N)cn1C(C)C. The molecule has 6 nitrogen and oxygen atoms in total. The van der Waals surface area contributed by atoms with Gasteiger partial charge in [0.15, 0.2) is 6.61 Å². The first-order valence-corrected chi connectivity index (χ1v) is 5.75. The molecule has 2 N–H and O–H groups in total. The van der Waals surface area contributed by atoms with Crippen LogP contribution in [-0.4, -0.2) is 29.7 Å². The van der Waals surface area contributed by atoms with Crippen LogP contribution in [-0.2, 0) is 14.3 Å². The number of hydrogen-bond acceptors (Lipinski definition) is 5. The van der Waals surface area contributed by atoms with Gasteiger partial charge in [-0.2, -0.15) is 0 Å². The van der Waals surface area contributed by atoms with Gasteiger partial charge in [0, 0.05) is 12.2 Å². The van der Waals surface area contributed by atoms with Crippen molar-refractivity contribution < 1.29 is 19.1 Å². The van der Waals surface area contributed by atoms with Crippen molar-refractivity contribution in [1.82, 2.24) is 4.57 Å². The Morgan fingerprint density at radius 3 is 2.61 bits per heavy atom. The molecule has 1 aromatic heterocycles. The standard InChI is InChI=1S/C12H18N2O4/c1-4-17-11(15)7-18-12(16)10-5-9(13)6-14(10)8(2)3/h5-6,8H,4,7,13H2,1-3H3. The van der Waals surface area contributed by atoms with Crippen molar-refractivity contribution in [1.29, 1.82) is 0 Å². The molecule has 6 heteroatoms. The second kappa shape index (κ2) is 6.09. The van der Waals surface area contributed by atoms with E-state index in [2.05, 4.69) is 4.74 Å². The Balaban J connectivity index is 2.69. The number of nitrogens with zero attached hydrogens (tertiary/aromatic N) is 1. The van der Waals surface area contributed by atoms with E-state index in [4.69, 9.17) is 10.5 Å². The number of esters is 2. The zero-order valence-corrected chi connectivity index (χ0v) is 10.8. The molecular weight excluding hydrogens is 236 g/mol. The van der Waals surface area contributed by atoms with Crippen molar-refractivity contribution in [3.63, 3.8) is 0 Å². The van der Waals surface area contributed by atoms with Gasteiger partial charge in [0.1, 0.15) is 5.69 Å². The predicted molar refractivity (Wildman–Crippen MR) is 66.1 cm³/mol. The van der Waals surface area contributed by atoms with Crippen molar-refractivity contribution in [2.24, 2.45) is 0 Å². The summed E-state index contributed by atoms with van der Waals surface area (Å²) in [6, 6.07) is 1.60. The van der Waals surface area contributed by atoms with Gasteiger partial charge in [-0.05, 0) is 26.8 Å². The minimum atomic E-state index is -0.589. The lowest BCUT2D eigenvalue weighted by Gasteiger charge is -2.11. The van der Waals surface area contributed by atoms with Gasteiger partial charge in [-0.15, -0.1) is 0 Å². The number of carbonyl (C=O) groups is 2. The molecule has 18 heavy (non-hydrogen) atoms. The van der Waals surface area contributed by atoms with Gasteiger partial charge in [0.05, 0.1) is 12.3 Å². The maximum absolute atomic E-state index is 11.8. The van der Waals surface area contributed by atoms with Crippen LogP contribution in [0.4, 0.5) is 5.69 Å². The summed E-state index contributed by atoms with van der Waals surface area (Å²) in [7, 11) is 0. The zero-order valence-electron chi connectivity index (χ0n) is 10.8. The molecule has 0 bridgehead atoms. The minimum absolute atomic E-state index is 0.0763. The largest absolute Gasteiger partial charge is 0.463 e. The zero-order chi connectivity index (χ0) is 13.7. The summed E-state index contributed by atoms with van der Waals surface area (Å²) in [5, 5.41) is 0. The fraction of sp³-hybridized carbons (Fsp3) is 0.500. The number of carbonyl (C=O) groups excluding carboxylic acids is 2. The van der Waals surface area contributed by atoms with Crippen LogP contribution < -0.4 is 5.73 Å². The first kappa shape index (κ1) is 14.1. The molecule has 100 valence electrons. The summed E-state index contributed by atoms with van der Waals surface area (Å²) < 4.78 is 11.2. The maximum atomic E-state index is 11.8. The van der Waals surface area contributed by atoms with Crippen LogP contribution in [0, 0.1) is 0 Å². The van der Waals surface area contributed by atoms with Crippen LogP contribution in [0.2, 0.25) is 0 Å². The number of anilines is 1. The van der Waals surface area contributed by atoms with E-state index >= 15 is 0 Å². The molecule has 0 amide bonds. The summed E-state index contributed by atoms with van der Waals surface area (Å²) in [6.07, 6.45) is 1.66. The third-order valence-corrected chi connectivity index (χ3v) is 2.26. The highest BCUT2D eigenvalue weighted by Crippen LogP contribution is 2.17. The number of hydrogen-bond donors (Lipinski definition) is 1. The summed E-state index contributed by atoms with van der Waals surface area (Å²) in [5.41, 5.74) is 6.44. The van der Waals surface area contributed by atoms with Crippen molar-refractivity contribution in [3.05, 3.63) is 18.0 Å². The number of ether oxygens (including phenoxy) is 2. The third-order valence-electron chi connectivity index (χ3n) is 2.26. The maximum Gasteiger partial charge on any atom is 0.355 e. The normalized spacial score (nSPS) is 10.4. The fourth-order valence-electron chi connectivity index (χ4n) is 1.49. The highest BCUT2D eigenvalue weighted by atomic mass is 16.6. The van der Waals surface area contributed by atoms with Crippen molar-refractivity contribution >= 4 is 17.6 Å². The molecule has 0 aliphatic heterocycles. The van der Waals surface area contributed by atoms with E-state index in [9.17, 15) is 9.59 Å². The van der Waals surface area contributed by atoms with Crippen LogP contribution in [0.25, 0.3) is 0 Å². The average Bonchev–Trinajstić information content (AvgIpc) is 2.69. The number of aromatic nitrogens is 1. The molecule has 0 aromatic carbocycles. The molecule has 0 aliphatic rings. The minimum Gasteiger partial charge on any atom is -0.463 e. The number of rotatable bonds is 5. The molecule has 0 unspecified atom stereocenters. The van der Waals surface area contributed by atoms with Gasteiger partial charge in [0.25, 0.3) is 0 Å². The van der Waals surface area contributed by atoms with Crippen LogP contribution >= 0.6 is 0 Å². The molecule has 0 saturated carbocycles. The van der Waals surface area contributed by atoms with Gasteiger partial charge in [-0.25, -0.2) is 9.59 Å². The fourth-order valence-corrected chi connectivity index (χ4v) is 1.49. The quantitative estimate of drug-likeness (QED) is 0.802.